The summed E-state index contributed by atoms with van der Waals surface area (Å²) in [5, 5.41) is 2.69. The molecule has 0 atom stereocenters. The Kier molecular flexibility index (Phi) is 7.99. The molecule has 0 saturated carbocycles. The third-order valence-electron chi connectivity index (χ3n) is 5.87. The molecule has 8 nitrogen and oxygen atoms in total. The molecule has 4 rings (SSSR count). The number of aliphatic imine (C=N–C) groups is 2. The number of nitrogens with one attached hydrogen (secondary N) is 1. The van der Waals surface area contributed by atoms with Gasteiger partial charge in [-0.05, 0) is 43.3 Å². The lowest BCUT2D eigenvalue weighted by atomic mass is 10.1. The largest absolute Gasteiger partial charge is 0.380 e. The number of hydrogen-bond donors (Lipinski definition) is 1. The Balaban J connectivity index is 1.54. The van der Waals surface area contributed by atoms with E-state index in [1.165, 1.54) is 11.3 Å². The Hall–Kier alpha value is -3.14. The number of allylic oxidation sites excluding steroid dienone is 1. The zero-order valence-corrected chi connectivity index (χ0v) is 20.1. The van der Waals surface area contributed by atoms with E-state index >= 15 is 0 Å². The first kappa shape index (κ1) is 24.0. The Morgan fingerprint density at radius 3 is 2.91 bits per heavy atom. The minimum Gasteiger partial charge on any atom is -0.380 e. The number of carbonyl (C=O) groups is 2. The predicted octanol–water partition coefficient (Wildman–Crippen LogP) is 3.00. The van der Waals surface area contributed by atoms with E-state index in [1.807, 2.05) is 30.3 Å². The maximum absolute atomic E-state index is 13.5. The van der Waals surface area contributed by atoms with Gasteiger partial charge >= 0.3 is 0 Å². The predicted molar refractivity (Wildman–Crippen MR) is 137 cm³/mol. The normalized spacial score (nSPS) is 17.0. The van der Waals surface area contributed by atoms with Crippen molar-refractivity contribution < 1.29 is 14.3 Å². The van der Waals surface area contributed by atoms with Crippen LogP contribution in [0.1, 0.15) is 21.7 Å². The second-order valence-electron chi connectivity index (χ2n) is 8.04. The molecule has 2 aromatic rings. The summed E-state index contributed by atoms with van der Waals surface area (Å²) in [5.41, 5.74) is 3.04. The SMILES string of the molecule is C=N/C(=C\C=N/CN1CCCOCC1)C(=O)N1CCc2cc(C(=O)NC)sc2-c2ccccc21. The number of nitrogens with zero attached hydrogens (tertiary/aromatic N) is 4. The molecule has 0 aliphatic carbocycles. The van der Waals surface area contributed by atoms with E-state index in [0.29, 0.717) is 31.1 Å². The monoisotopic (exact) mass is 479 g/mol. The van der Waals surface area contributed by atoms with E-state index in [2.05, 4.69) is 26.9 Å². The number of hydrogen-bond acceptors (Lipinski definition) is 7. The molecule has 1 N–H and O–H groups in total. The van der Waals surface area contributed by atoms with E-state index in [1.54, 1.807) is 24.2 Å². The highest BCUT2D eigenvalue weighted by Crippen LogP contribution is 2.41. The van der Waals surface area contributed by atoms with Crippen molar-refractivity contribution in [3.05, 3.63) is 52.5 Å². The fraction of sp³-hybridized carbons (Fsp3) is 0.360. The van der Waals surface area contributed by atoms with Gasteiger partial charge in [0, 0.05) is 49.9 Å². The van der Waals surface area contributed by atoms with Gasteiger partial charge in [-0.2, -0.15) is 0 Å². The van der Waals surface area contributed by atoms with Gasteiger partial charge in [0.2, 0.25) is 0 Å². The molecule has 2 aliphatic rings. The van der Waals surface area contributed by atoms with Gasteiger partial charge in [-0.15, -0.1) is 11.3 Å². The summed E-state index contributed by atoms with van der Waals surface area (Å²) < 4.78 is 5.47. The molecular weight excluding hydrogens is 450 g/mol. The van der Waals surface area contributed by atoms with Crippen molar-refractivity contribution in [3.63, 3.8) is 0 Å². The Labute approximate surface area is 203 Å². The molecule has 178 valence electrons. The minimum absolute atomic E-state index is 0.100. The van der Waals surface area contributed by atoms with Crippen LogP contribution < -0.4 is 10.2 Å². The van der Waals surface area contributed by atoms with Crippen LogP contribution in [-0.2, 0) is 16.0 Å². The molecule has 9 heteroatoms. The van der Waals surface area contributed by atoms with Crippen molar-refractivity contribution in [2.45, 2.75) is 12.8 Å². The number of anilines is 1. The zero-order chi connectivity index (χ0) is 23.9. The van der Waals surface area contributed by atoms with Crippen LogP contribution in [0.5, 0.6) is 0 Å². The molecule has 1 saturated heterocycles. The Morgan fingerprint density at radius 1 is 1.24 bits per heavy atom. The molecule has 0 bridgehead atoms. The highest BCUT2D eigenvalue weighted by molar-refractivity contribution is 7.17. The van der Waals surface area contributed by atoms with Gasteiger partial charge < -0.3 is 15.0 Å². The van der Waals surface area contributed by atoms with Gasteiger partial charge in [0.25, 0.3) is 11.8 Å². The third kappa shape index (κ3) is 5.32. The van der Waals surface area contributed by atoms with E-state index in [-0.39, 0.29) is 17.5 Å². The van der Waals surface area contributed by atoms with Crippen LogP contribution >= 0.6 is 11.3 Å². The lowest BCUT2D eigenvalue weighted by molar-refractivity contribution is -0.115. The van der Waals surface area contributed by atoms with Crippen LogP contribution in [0, 0.1) is 0 Å². The van der Waals surface area contributed by atoms with Crippen molar-refractivity contribution in [2.75, 3.05) is 51.5 Å². The second-order valence-corrected chi connectivity index (χ2v) is 9.09. The smallest absolute Gasteiger partial charge is 0.276 e. The molecule has 34 heavy (non-hydrogen) atoms. The number of rotatable bonds is 6. The summed E-state index contributed by atoms with van der Waals surface area (Å²) in [6, 6.07) is 9.69. The highest BCUT2D eigenvalue weighted by Gasteiger charge is 2.28. The summed E-state index contributed by atoms with van der Waals surface area (Å²) in [6.45, 7) is 7.94. The van der Waals surface area contributed by atoms with Crippen LogP contribution in [0.4, 0.5) is 5.69 Å². The van der Waals surface area contributed by atoms with Crippen molar-refractivity contribution >= 4 is 41.8 Å². The number of benzene rings is 1. The van der Waals surface area contributed by atoms with E-state index < -0.39 is 0 Å². The number of amides is 2. The number of ether oxygens (including phenoxy) is 1. The fourth-order valence-corrected chi connectivity index (χ4v) is 5.29. The Bertz CT molecular complexity index is 1120. The van der Waals surface area contributed by atoms with Crippen molar-refractivity contribution in [1.29, 1.82) is 0 Å². The van der Waals surface area contributed by atoms with Gasteiger partial charge in [0.05, 0.1) is 23.8 Å². The molecule has 1 fully saturated rings. The molecular formula is C25H29N5O3S. The first-order valence-corrected chi connectivity index (χ1v) is 12.2. The van der Waals surface area contributed by atoms with E-state index in [0.717, 1.165) is 47.8 Å². The summed E-state index contributed by atoms with van der Waals surface area (Å²) in [6.07, 6.45) is 4.88. The third-order valence-corrected chi connectivity index (χ3v) is 7.08. The topological polar surface area (TPSA) is 86.6 Å². The van der Waals surface area contributed by atoms with Crippen molar-refractivity contribution in [1.82, 2.24) is 10.2 Å². The molecule has 1 aromatic carbocycles. The second kappa shape index (κ2) is 11.3. The van der Waals surface area contributed by atoms with Gasteiger partial charge in [0.15, 0.2) is 0 Å². The van der Waals surface area contributed by atoms with Crippen molar-refractivity contribution in [3.8, 4) is 10.4 Å². The standard InChI is InChI=1S/C25H29N5O3S/c1-26-20(8-10-28-17-29-11-5-14-33-15-13-29)25(32)30-12-9-18-16-22(24(31)27-2)34-23(18)19-6-3-4-7-21(19)30/h3-4,6-8,10,16H,1,5,9,11-15,17H2,2H3,(H,27,31)/b20-8-,28-10-. The summed E-state index contributed by atoms with van der Waals surface area (Å²) in [5.74, 6) is -0.324. The first-order chi connectivity index (χ1) is 16.6. The average Bonchev–Trinajstić information content (AvgIpc) is 3.02. The molecule has 1 aromatic heterocycles. The highest BCUT2D eigenvalue weighted by atomic mass is 32.1. The Morgan fingerprint density at radius 2 is 2.09 bits per heavy atom. The lowest BCUT2D eigenvalue weighted by Gasteiger charge is -2.23. The van der Waals surface area contributed by atoms with E-state index in [4.69, 9.17) is 4.74 Å². The number of carbonyl (C=O) groups excluding carboxylic acids is 2. The minimum atomic E-state index is -0.223. The summed E-state index contributed by atoms with van der Waals surface area (Å²) in [7, 11) is 1.63. The van der Waals surface area contributed by atoms with Gasteiger partial charge in [-0.25, -0.2) is 0 Å². The van der Waals surface area contributed by atoms with E-state index in [9.17, 15) is 9.59 Å². The van der Waals surface area contributed by atoms with Gasteiger partial charge in [0.1, 0.15) is 5.70 Å². The van der Waals surface area contributed by atoms with Crippen molar-refractivity contribution in [2.24, 2.45) is 9.98 Å². The van der Waals surface area contributed by atoms with Gasteiger partial charge in [-0.1, -0.05) is 18.2 Å². The quantitative estimate of drug-likeness (QED) is 0.510. The van der Waals surface area contributed by atoms with Gasteiger partial charge in [-0.3, -0.25) is 24.5 Å². The van der Waals surface area contributed by atoms with Crippen LogP contribution in [0.15, 0.2) is 52.1 Å². The fourth-order valence-electron chi connectivity index (χ4n) is 4.10. The average molecular weight is 480 g/mol. The molecule has 0 spiro atoms. The van der Waals surface area contributed by atoms with Crippen LogP contribution in [-0.4, -0.2) is 76.2 Å². The molecule has 2 amide bonds. The maximum atomic E-state index is 13.5. The summed E-state index contributed by atoms with van der Waals surface area (Å²) >= 11 is 1.45. The number of thiophene rings is 1. The molecule has 2 aliphatic heterocycles. The zero-order valence-electron chi connectivity index (χ0n) is 19.3. The molecule has 0 radical (unpaired) electrons. The molecule has 0 unspecified atom stereocenters. The lowest BCUT2D eigenvalue weighted by Crippen LogP contribution is -2.33. The number of para-hydroxylation sites is 1. The van der Waals surface area contributed by atoms with Crippen LogP contribution in [0.2, 0.25) is 0 Å². The number of fused-ring (bicyclic) bond motifs is 3. The molecule has 3 heterocycles. The van der Waals surface area contributed by atoms with Crippen LogP contribution in [0.25, 0.3) is 10.4 Å². The van der Waals surface area contributed by atoms with Crippen LogP contribution in [0.3, 0.4) is 0 Å². The first-order valence-electron chi connectivity index (χ1n) is 11.4. The maximum Gasteiger partial charge on any atom is 0.276 e. The summed E-state index contributed by atoms with van der Waals surface area (Å²) in [4.78, 5) is 39.7.